The van der Waals surface area contributed by atoms with Crippen molar-refractivity contribution < 1.29 is 23.8 Å². The summed E-state index contributed by atoms with van der Waals surface area (Å²) in [4.78, 5) is 29.1. The largest absolute Gasteiger partial charge is 0.491 e. The number of hydrogen-bond donors (Lipinski definition) is 0. The molecule has 3 rings (SSSR count). The third-order valence-corrected chi connectivity index (χ3v) is 6.00. The summed E-state index contributed by atoms with van der Waals surface area (Å²) in [5.41, 5.74) is 0.567. The van der Waals surface area contributed by atoms with Gasteiger partial charge in [-0.1, -0.05) is 6.07 Å². The van der Waals surface area contributed by atoms with E-state index in [9.17, 15) is 14.9 Å². The maximum Gasteiger partial charge on any atom is 0.258 e. The summed E-state index contributed by atoms with van der Waals surface area (Å²) in [6, 6.07) is 6.29. The molecule has 1 aromatic rings. The molecule has 2 aliphatic rings. The van der Waals surface area contributed by atoms with Crippen LogP contribution in [0.15, 0.2) is 18.2 Å². The molecule has 162 valence electrons. The molecule has 2 bridgehead atoms. The molecule has 0 unspecified atom stereocenters. The lowest BCUT2D eigenvalue weighted by atomic mass is 9.98. The lowest BCUT2D eigenvalue weighted by Gasteiger charge is -2.39. The van der Waals surface area contributed by atoms with Crippen molar-refractivity contribution in [1.82, 2.24) is 9.80 Å². The van der Waals surface area contributed by atoms with Crippen LogP contribution in [0.4, 0.5) is 0 Å². The lowest BCUT2D eigenvalue weighted by Crippen LogP contribution is -2.52. The van der Waals surface area contributed by atoms with Crippen LogP contribution in [0.25, 0.3) is 0 Å². The highest BCUT2D eigenvalue weighted by molar-refractivity contribution is 6.00. The van der Waals surface area contributed by atoms with E-state index in [1.165, 1.54) is 4.90 Å². The number of ether oxygens (including phenoxy) is 3. The number of rotatable bonds is 1. The van der Waals surface area contributed by atoms with Crippen LogP contribution in [0, 0.1) is 11.3 Å². The van der Waals surface area contributed by atoms with Gasteiger partial charge >= 0.3 is 0 Å². The molecular weight excluding hydrogens is 386 g/mol. The Morgan fingerprint density at radius 2 is 1.97 bits per heavy atom. The Bertz CT molecular complexity index is 837. The molecule has 1 saturated heterocycles. The number of methoxy groups -OCH3 is 1. The van der Waals surface area contributed by atoms with Crippen molar-refractivity contribution >= 4 is 11.8 Å². The average Bonchev–Trinajstić information content (AvgIpc) is 2.76. The molecular formula is C22H29N3O5. The summed E-state index contributed by atoms with van der Waals surface area (Å²) in [5.74, 6) is -0.300. The second-order valence-electron chi connectivity index (χ2n) is 7.89. The van der Waals surface area contributed by atoms with Gasteiger partial charge in [0.25, 0.3) is 5.91 Å². The summed E-state index contributed by atoms with van der Waals surface area (Å²) in [5, 5.41) is 9.49. The zero-order valence-electron chi connectivity index (χ0n) is 18.0. The number of para-hydroxylation sites is 1. The Morgan fingerprint density at radius 1 is 1.20 bits per heavy atom. The summed E-state index contributed by atoms with van der Waals surface area (Å²) in [7, 11) is 4.95. The van der Waals surface area contributed by atoms with Gasteiger partial charge in [0, 0.05) is 34.2 Å². The fourth-order valence-electron chi connectivity index (χ4n) is 4.03. The molecule has 0 spiro atoms. The van der Waals surface area contributed by atoms with Gasteiger partial charge in [-0.3, -0.25) is 9.59 Å². The molecule has 4 atom stereocenters. The number of hydrogen-bond acceptors (Lipinski definition) is 6. The van der Waals surface area contributed by atoms with E-state index >= 15 is 0 Å². The number of nitriles is 1. The molecule has 30 heavy (non-hydrogen) atoms. The van der Waals surface area contributed by atoms with Gasteiger partial charge in [0.15, 0.2) is 0 Å². The van der Waals surface area contributed by atoms with Gasteiger partial charge in [0.1, 0.15) is 24.0 Å². The molecule has 0 N–H and O–H groups in total. The van der Waals surface area contributed by atoms with E-state index in [-0.39, 0.29) is 41.4 Å². The maximum absolute atomic E-state index is 13.2. The smallest absolute Gasteiger partial charge is 0.258 e. The van der Waals surface area contributed by atoms with Gasteiger partial charge in [-0.25, -0.2) is 0 Å². The van der Waals surface area contributed by atoms with Gasteiger partial charge in [-0.05, 0) is 31.9 Å². The van der Waals surface area contributed by atoms with Gasteiger partial charge in [0.05, 0.1) is 29.9 Å². The van der Waals surface area contributed by atoms with Gasteiger partial charge in [0.2, 0.25) is 5.91 Å². The number of carbonyl (C=O) groups is 2. The number of fused-ring (bicyclic) bond motifs is 3. The zero-order valence-corrected chi connectivity index (χ0v) is 18.0. The average molecular weight is 415 g/mol. The first-order valence-corrected chi connectivity index (χ1v) is 10.2. The minimum absolute atomic E-state index is 0.0404. The van der Waals surface area contributed by atoms with Crippen molar-refractivity contribution in [2.24, 2.45) is 0 Å². The van der Waals surface area contributed by atoms with Crippen molar-refractivity contribution in [3.05, 3.63) is 29.3 Å². The lowest BCUT2D eigenvalue weighted by molar-refractivity contribution is -0.152. The molecule has 0 aromatic heterocycles. The Morgan fingerprint density at radius 3 is 2.67 bits per heavy atom. The monoisotopic (exact) mass is 415 g/mol. The van der Waals surface area contributed by atoms with Crippen LogP contribution in [-0.2, 0) is 14.3 Å². The van der Waals surface area contributed by atoms with Gasteiger partial charge in [-0.2, -0.15) is 5.26 Å². The van der Waals surface area contributed by atoms with E-state index in [4.69, 9.17) is 14.2 Å². The first kappa shape index (κ1) is 22.1. The Hall–Kier alpha value is -2.63. The van der Waals surface area contributed by atoms with Crippen LogP contribution in [0.3, 0.4) is 0 Å². The minimum atomic E-state index is -0.690. The maximum atomic E-state index is 13.2. The third-order valence-electron chi connectivity index (χ3n) is 6.00. The van der Waals surface area contributed by atoms with E-state index < -0.39 is 6.04 Å². The molecule has 2 heterocycles. The first-order valence-electron chi connectivity index (χ1n) is 10.2. The molecule has 8 nitrogen and oxygen atoms in total. The summed E-state index contributed by atoms with van der Waals surface area (Å²) in [6.45, 7) is 2.40. The van der Waals surface area contributed by atoms with Crippen LogP contribution in [0.1, 0.15) is 42.1 Å². The van der Waals surface area contributed by atoms with E-state index in [0.29, 0.717) is 25.1 Å². The number of carbonyl (C=O) groups excluding carboxylic acids is 2. The molecule has 0 radical (unpaired) electrons. The summed E-state index contributed by atoms with van der Waals surface area (Å²) < 4.78 is 17.7. The van der Waals surface area contributed by atoms with E-state index in [1.54, 1.807) is 51.2 Å². The first-order chi connectivity index (χ1) is 14.4. The Balaban J connectivity index is 1.96. The molecule has 2 aliphatic heterocycles. The Kier molecular flexibility index (Phi) is 6.95. The topological polar surface area (TPSA) is 92.1 Å². The van der Waals surface area contributed by atoms with Gasteiger partial charge < -0.3 is 24.0 Å². The predicted octanol–water partition coefficient (Wildman–Crippen LogP) is 1.82. The minimum Gasteiger partial charge on any atom is -0.491 e. The highest BCUT2D eigenvalue weighted by Gasteiger charge is 2.35. The second kappa shape index (κ2) is 9.45. The number of benzene rings is 1. The van der Waals surface area contributed by atoms with Crippen LogP contribution >= 0.6 is 0 Å². The zero-order chi connectivity index (χ0) is 21.8. The highest BCUT2D eigenvalue weighted by atomic mass is 16.5. The third kappa shape index (κ3) is 4.42. The van der Waals surface area contributed by atoms with Crippen molar-refractivity contribution in [1.29, 1.82) is 5.26 Å². The molecule has 0 aliphatic carbocycles. The van der Waals surface area contributed by atoms with Crippen molar-refractivity contribution in [2.45, 2.75) is 50.5 Å². The highest BCUT2D eigenvalue weighted by Crippen LogP contribution is 2.28. The number of likely N-dealkylation sites (N-methyl/N-ethyl adjacent to an activating group) is 2. The number of amides is 2. The standard InChI is InChI=1S/C22H29N3O5/c1-14-21(26)24(2)13-19-18(28-4)9-8-16(30-19)10-11-29-20-15(12-23)6-5-7-17(20)22(27)25(14)3/h5-7,14,16,18-19H,8-11,13H2,1-4H3/t14-,16-,18+,19-/m0/s1. The summed E-state index contributed by atoms with van der Waals surface area (Å²) in [6.07, 6.45) is 1.89. The van der Waals surface area contributed by atoms with Crippen molar-refractivity contribution in [3.63, 3.8) is 0 Å². The van der Waals surface area contributed by atoms with Crippen molar-refractivity contribution in [2.75, 3.05) is 34.4 Å². The van der Waals surface area contributed by atoms with E-state index in [1.807, 2.05) is 0 Å². The molecule has 0 saturated carbocycles. The fraction of sp³-hybridized carbons (Fsp3) is 0.591. The van der Waals surface area contributed by atoms with Gasteiger partial charge in [-0.15, -0.1) is 0 Å². The van der Waals surface area contributed by atoms with Crippen LogP contribution in [-0.4, -0.2) is 80.3 Å². The molecule has 2 amide bonds. The fourth-order valence-corrected chi connectivity index (χ4v) is 4.03. The van der Waals surface area contributed by atoms with Crippen LogP contribution in [0.5, 0.6) is 5.75 Å². The predicted molar refractivity (Wildman–Crippen MR) is 109 cm³/mol. The van der Waals surface area contributed by atoms with Crippen LogP contribution in [0.2, 0.25) is 0 Å². The Labute approximate surface area is 177 Å². The van der Waals surface area contributed by atoms with E-state index in [2.05, 4.69) is 6.07 Å². The number of nitrogens with zero attached hydrogens (tertiary/aromatic N) is 3. The summed E-state index contributed by atoms with van der Waals surface area (Å²) >= 11 is 0. The SMILES string of the molecule is CO[C@@H]1CC[C@H]2CCOc3c(C#N)cccc3C(=O)N(C)[C@@H](C)C(=O)N(C)C[C@@H]1O2. The molecule has 1 aromatic carbocycles. The quantitative estimate of drug-likeness (QED) is 0.695. The molecule has 1 fully saturated rings. The van der Waals surface area contributed by atoms with Crippen LogP contribution < -0.4 is 4.74 Å². The molecule has 8 heteroatoms. The normalized spacial score (nSPS) is 28.2. The second-order valence-corrected chi connectivity index (χ2v) is 7.89. The van der Waals surface area contributed by atoms with E-state index in [0.717, 1.165) is 12.8 Å². The van der Waals surface area contributed by atoms with Crippen molar-refractivity contribution in [3.8, 4) is 11.8 Å².